The smallest absolute Gasteiger partial charge is 0.191 e. The van der Waals surface area contributed by atoms with E-state index in [-0.39, 0.29) is 29.5 Å². The van der Waals surface area contributed by atoms with E-state index >= 15 is 0 Å². The van der Waals surface area contributed by atoms with Crippen LogP contribution in [0.5, 0.6) is 0 Å². The van der Waals surface area contributed by atoms with E-state index in [2.05, 4.69) is 44.2 Å². The zero-order valence-electron chi connectivity index (χ0n) is 15.6. The highest BCUT2D eigenvalue weighted by Gasteiger charge is 2.40. The van der Waals surface area contributed by atoms with Crippen molar-refractivity contribution in [3.05, 3.63) is 16.1 Å². The third-order valence-corrected chi connectivity index (χ3v) is 7.08. The molecule has 0 bridgehead atoms. The van der Waals surface area contributed by atoms with Gasteiger partial charge in [0.15, 0.2) is 5.96 Å². The Morgan fingerprint density at radius 2 is 2.19 bits per heavy atom. The summed E-state index contributed by atoms with van der Waals surface area (Å²) in [5.74, 6) is 3.32. The molecule has 26 heavy (non-hydrogen) atoms. The second-order valence-corrected chi connectivity index (χ2v) is 9.02. The minimum absolute atomic E-state index is 0. The Balaban J connectivity index is 0.00000243. The van der Waals surface area contributed by atoms with Crippen LogP contribution in [0.3, 0.4) is 0 Å². The monoisotopic (exact) mass is 511 g/mol. The number of thiazole rings is 1. The van der Waals surface area contributed by atoms with Crippen molar-refractivity contribution in [2.24, 2.45) is 4.99 Å². The van der Waals surface area contributed by atoms with Crippen molar-refractivity contribution in [1.29, 1.82) is 0 Å². The lowest BCUT2D eigenvalue weighted by atomic mass is 9.95. The number of rotatable bonds is 6. The third kappa shape index (κ3) is 5.95. The van der Waals surface area contributed by atoms with E-state index in [1.54, 1.807) is 11.3 Å². The lowest BCUT2D eigenvalue weighted by Gasteiger charge is -2.43. The lowest BCUT2D eigenvalue weighted by molar-refractivity contribution is -0.0120. The summed E-state index contributed by atoms with van der Waals surface area (Å²) in [5.41, 5.74) is 0.235. The minimum atomic E-state index is 0. The Kier molecular flexibility index (Phi) is 9.42. The number of hydrogen-bond acceptors (Lipinski definition) is 6. The number of ether oxygens (including phenoxy) is 1. The molecule has 9 heteroatoms. The first-order valence-electron chi connectivity index (χ1n) is 8.98. The number of thioether (sulfide) groups is 1. The molecule has 0 saturated carbocycles. The molecule has 1 unspecified atom stereocenters. The van der Waals surface area contributed by atoms with E-state index < -0.39 is 0 Å². The summed E-state index contributed by atoms with van der Waals surface area (Å²) >= 11 is 3.83. The van der Waals surface area contributed by atoms with Crippen LogP contribution in [-0.4, -0.2) is 79.3 Å². The zero-order valence-corrected chi connectivity index (χ0v) is 19.6. The van der Waals surface area contributed by atoms with Crippen LogP contribution in [0.25, 0.3) is 0 Å². The van der Waals surface area contributed by atoms with Crippen molar-refractivity contribution in [3.8, 4) is 0 Å². The van der Waals surface area contributed by atoms with Crippen LogP contribution in [0.1, 0.15) is 16.3 Å². The molecule has 0 spiro atoms. The van der Waals surface area contributed by atoms with E-state index in [9.17, 15) is 0 Å². The number of aromatic nitrogens is 1. The Morgan fingerprint density at radius 3 is 2.81 bits per heavy atom. The molecule has 1 atom stereocenters. The molecule has 0 aromatic carbocycles. The summed E-state index contributed by atoms with van der Waals surface area (Å²) < 4.78 is 5.54. The quantitative estimate of drug-likeness (QED) is 0.346. The number of nitrogens with zero attached hydrogens (tertiary/aromatic N) is 3. The third-order valence-electron chi connectivity index (χ3n) is 4.87. The van der Waals surface area contributed by atoms with E-state index in [4.69, 9.17) is 4.74 Å². The summed E-state index contributed by atoms with van der Waals surface area (Å²) in [6.45, 7) is 7.68. The maximum absolute atomic E-state index is 5.54. The number of morpholine rings is 1. The molecule has 1 aromatic heterocycles. The van der Waals surface area contributed by atoms with Crippen LogP contribution >= 0.6 is 47.1 Å². The van der Waals surface area contributed by atoms with Crippen molar-refractivity contribution in [2.75, 3.05) is 57.9 Å². The molecule has 148 valence electrons. The summed E-state index contributed by atoms with van der Waals surface area (Å²) in [5, 5.41) is 8.17. The van der Waals surface area contributed by atoms with Crippen LogP contribution in [0, 0.1) is 6.92 Å². The van der Waals surface area contributed by atoms with Gasteiger partial charge < -0.3 is 15.4 Å². The second kappa shape index (κ2) is 11.0. The Bertz CT molecular complexity index is 571. The number of halogens is 1. The Labute approximate surface area is 182 Å². The van der Waals surface area contributed by atoms with Crippen LogP contribution in [0.4, 0.5) is 0 Å². The Hall–Kier alpha value is -0.100. The van der Waals surface area contributed by atoms with E-state index in [1.165, 1.54) is 27.8 Å². The van der Waals surface area contributed by atoms with Gasteiger partial charge in [0, 0.05) is 62.0 Å². The predicted molar refractivity (Wildman–Crippen MR) is 122 cm³/mol. The average molecular weight is 511 g/mol. The van der Waals surface area contributed by atoms with Crippen LogP contribution in [-0.2, 0) is 11.2 Å². The number of aryl methyl sites for hydroxylation is 1. The molecule has 6 nitrogen and oxygen atoms in total. The number of hydrogen-bond donors (Lipinski definition) is 2. The SMILES string of the molecule is CN=C(NCCc1ncc(C)s1)NCC1(N2CCOCC2)CCSC1.I. The fourth-order valence-corrected chi connectivity index (χ4v) is 5.67. The highest BCUT2D eigenvalue weighted by atomic mass is 127. The zero-order chi connectivity index (χ0) is 17.5. The molecule has 0 amide bonds. The first kappa shape index (κ1) is 22.2. The molecule has 2 aliphatic rings. The van der Waals surface area contributed by atoms with Gasteiger partial charge in [-0.1, -0.05) is 0 Å². The molecule has 3 heterocycles. The van der Waals surface area contributed by atoms with Gasteiger partial charge in [0.05, 0.1) is 18.2 Å². The molecular formula is C17H30IN5OS2. The van der Waals surface area contributed by atoms with Gasteiger partial charge in [0.2, 0.25) is 0 Å². The number of nitrogens with one attached hydrogen (secondary N) is 2. The minimum Gasteiger partial charge on any atom is -0.379 e. The predicted octanol–water partition coefficient (Wildman–Crippen LogP) is 1.98. The highest BCUT2D eigenvalue weighted by molar-refractivity contribution is 14.0. The lowest BCUT2D eigenvalue weighted by Crippen LogP contribution is -2.60. The standard InChI is InChI=1S/C17H29N5OS2.HI/c1-14-11-20-15(25-14)3-5-19-16(18-2)21-12-17(4-10-24-13-17)22-6-8-23-9-7-22;/h11H,3-10,12-13H2,1-2H3,(H2,18,19,21);1H. The molecule has 1 aromatic rings. The van der Waals surface area contributed by atoms with Crippen molar-refractivity contribution in [3.63, 3.8) is 0 Å². The fraction of sp³-hybridized carbons (Fsp3) is 0.765. The Morgan fingerprint density at radius 1 is 1.38 bits per heavy atom. The maximum atomic E-state index is 5.54. The summed E-state index contributed by atoms with van der Waals surface area (Å²) in [6, 6.07) is 0. The van der Waals surface area contributed by atoms with Crippen LogP contribution in [0.15, 0.2) is 11.2 Å². The van der Waals surface area contributed by atoms with Gasteiger partial charge in [-0.2, -0.15) is 11.8 Å². The van der Waals surface area contributed by atoms with Crippen molar-refractivity contribution in [2.45, 2.75) is 25.3 Å². The summed E-state index contributed by atoms with van der Waals surface area (Å²) in [6.07, 6.45) is 4.11. The average Bonchev–Trinajstić information content (AvgIpc) is 3.28. The number of aliphatic imine (C=N–C) groups is 1. The summed E-state index contributed by atoms with van der Waals surface area (Å²) in [7, 11) is 1.84. The van der Waals surface area contributed by atoms with Gasteiger partial charge in [-0.25, -0.2) is 4.98 Å². The maximum Gasteiger partial charge on any atom is 0.191 e. The van der Waals surface area contributed by atoms with Gasteiger partial charge in [-0.3, -0.25) is 9.89 Å². The molecule has 2 N–H and O–H groups in total. The largest absolute Gasteiger partial charge is 0.379 e. The molecule has 3 rings (SSSR count). The molecule has 0 radical (unpaired) electrons. The van der Waals surface area contributed by atoms with Crippen molar-refractivity contribution >= 4 is 53.0 Å². The van der Waals surface area contributed by atoms with Crippen molar-refractivity contribution < 1.29 is 4.74 Å². The second-order valence-electron chi connectivity index (χ2n) is 6.59. The summed E-state index contributed by atoms with van der Waals surface area (Å²) in [4.78, 5) is 12.7. The molecular weight excluding hydrogens is 481 g/mol. The van der Waals surface area contributed by atoms with Gasteiger partial charge in [0.1, 0.15) is 0 Å². The number of guanidine groups is 1. The first-order valence-corrected chi connectivity index (χ1v) is 11.0. The first-order chi connectivity index (χ1) is 12.2. The van der Waals surface area contributed by atoms with Gasteiger partial charge in [-0.15, -0.1) is 35.3 Å². The van der Waals surface area contributed by atoms with Gasteiger partial charge in [0.25, 0.3) is 0 Å². The molecule has 2 fully saturated rings. The van der Waals surface area contributed by atoms with Crippen molar-refractivity contribution in [1.82, 2.24) is 20.5 Å². The fourth-order valence-electron chi connectivity index (χ4n) is 3.41. The van der Waals surface area contributed by atoms with Gasteiger partial charge >= 0.3 is 0 Å². The van der Waals surface area contributed by atoms with Crippen LogP contribution < -0.4 is 10.6 Å². The molecule has 2 saturated heterocycles. The van der Waals surface area contributed by atoms with E-state index in [1.807, 2.05) is 13.2 Å². The van der Waals surface area contributed by atoms with Crippen LogP contribution in [0.2, 0.25) is 0 Å². The van der Waals surface area contributed by atoms with E-state index in [0.29, 0.717) is 0 Å². The molecule has 2 aliphatic heterocycles. The van der Waals surface area contributed by atoms with Gasteiger partial charge in [-0.05, 0) is 19.1 Å². The van der Waals surface area contributed by atoms with E-state index in [0.717, 1.165) is 51.8 Å². The topological polar surface area (TPSA) is 61.8 Å². The normalized spacial score (nSPS) is 24.3. The molecule has 0 aliphatic carbocycles. The highest BCUT2D eigenvalue weighted by Crippen LogP contribution is 2.33.